The van der Waals surface area contributed by atoms with Gasteiger partial charge in [0, 0.05) is 24.0 Å². The van der Waals surface area contributed by atoms with Crippen molar-refractivity contribution in [1.82, 2.24) is 10.3 Å². The van der Waals surface area contributed by atoms with Crippen LogP contribution in [0.25, 0.3) is 0 Å². The third-order valence-electron chi connectivity index (χ3n) is 4.09. The number of halogens is 1. The zero-order chi connectivity index (χ0) is 17.5. The van der Waals surface area contributed by atoms with Crippen molar-refractivity contribution in [2.75, 3.05) is 0 Å². The molecular weight excluding hydrogens is 332 g/mol. The molecule has 1 aromatic heterocycles. The van der Waals surface area contributed by atoms with E-state index < -0.39 is 0 Å². The minimum absolute atomic E-state index is 0.00277. The van der Waals surface area contributed by atoms with E-state index in [2.05, 4.69) is 10.3 Å². The van der Waals surface area contributed by atoms with E-state index >= 15 is 0 Å². The summed E-state index contributed by atoms with van der Waals surface area (Å²) in [6.07, 6.45) is 4.11. The molecule has 0 bridgehead atoms. The van der Waals surface area contributed by atoms with E-state index in [4.69, 9.17) is 11.6 Å². The van der Waals surface area contributed by atoms with E-state index in [1.807, 2.05) is 66.7 Å². The van der Waals surface area contributed by atoms with Gasteiger partial charge in [-0.05, 0) is 47.4 Å². The van der Waals surface area contributed by atoms with Crippen molar-refractivity contribution >= 4 is 17.5 Å². The Morgan fingerprint density at radius 3 is 2.28 bits per heavy atom. The highest BCUT2D eigenvalue weighted by Gasteiger charge is 2.21. The van der Waals surface area contributed by atoms with Crippen molar-refractivity contribution in [3.63, 3.8) is 0 Å². The number of amides is 1. The molecule has 0 radical (unpaired) electrons. The molecule has 3 rings (SSSR count). The molecule has 0 aliphatic heterocycles. The Balaban J connectivity index is 1.77. The zero-order valence-electron chi connectivity index (χ0n) is 13.7. The fraction of sp³-hybridized carbons (Fsp3) is 0.143. The molecule has 3 aromatic rings. The van der Waals surface area contributed by atoms with Crippen LogP contribution < -0.4 is 5.32 Å². The molecule has 1 N–H and O–H groups in total. The van der Waals surface area contributed by atoms with Gasteiger partial charge in [0.1, 0.15) is 0 Å². The molecule has 0 saturated heterocycles. The molecule has 0 saturated carbocycles. The minimum Gasteiger partial charge on any atom is -0.351 e. The summed E-state index contributed by atoms with van der Waals surface area (Å²) in [6, 6.07) is 21.2. The van der Waals surface area contributed by atoms with Crippen LogP contribution in [0, 0.1) is 0 Å². The normalized spacial score (nSPS) is 11.7. The van der Waals surface area contributed by atoms with Gasteiger partial charge in [-0.3, -0.25) is 9.78 Å². The summed E-state index contributed by atoms with van der Waals surface area (Å²) in [4.78, 5) is 16.9. The number of benzene rings is 2. The number of aromatic nitrogens is 1. The van der Waals surface area contributed by atoms with Gasteiger partial charge in [0.2, 0.25) is 5.91 Å². The van der Waals surface area contributed by atoms with Crippen molar-refractivity contribution in [1.29, 1.82) is 0 Å². The number of hydrogen-bond donors (Lipinski definition) is 1. The molecule has 1 heterocycles. The number of carbonyl (C=O) groups is 1. The Morgan fingerprint density at radius 1 is 0.920 bits per heavy atom. The van der Waals surface area contributed by atoms with Crippen LogP contribution in [0.2, 0.25) is 5.02 Å². The van der Waals surface area contributed by atoms with Crippen LogP contribution in [-0.2, 0) is 17.8 Å². The number of hydrogen-bond acceptors (Lipinski definition) is 2. The molecule has 25 heavy (non-hydrogen) atoms. The average Bonchev–Trinajstić information content (AvgIpc) is 2.67. The summed E-state index contributed by atoms with van der Waals surface area (Å²) in [5.41, 5.74) is 3.10. The maximum Gasteiger partial charge on any atom is 0.228 e. The standard InChI is InChI=1S/C21H19ClN2O/c22-19-8-6-18(7-9-19)20(14-16-10-12-23-13-11-16)21(25)24-15-17-4-2-1-3-5-17/h1-13,20H,14-15H2,(H,24,25). The summed E-state index contributed by atoms with van der Waals surface area (Å²) < 4.78 is 0. The second kappa shape index (κ2) is 8.45. The van der Waals surface area contributed by atoms with Crippen LogP contribution in [0.4, 0.5) is 0 Å². The Hall–Kier alpha value is -2.65. The van der Waals surface area contributed by atoms with Crippen molar-refractivity contribution in [2.45, 2.75) is 18.9 Å². The Bertz CT molecular complexity index is 804. The first-order valence-electron chi connectivity index (χ1n) is 8.18. The summed E-state index contributed by atoms with van der Waals surface area (Å²) in [6.45, 7) is 0.514. The largest absolute Gasteiger partial charge is 0.351 e. The van der Waals surface area contributed by atoms with E-state index in [9.17, 15) is 4.79 Å². The third-order valence-corrected chi connectivity index (χ3v) is 4.34. The van der Waals surface area contributed by atoms with Crippen molar-refractivity contribution in [3.8, 4) is 0 Å². The van der Waals surface area contributed by atoms with Gasteiger partial charge in [-0.1, -0.05) is 54.1 Å². The summed E-state index contributed by atoms with van der Waals surface area (Å²) >= 11 is 5.99. The number of pyridine rings is 1. The molecule has 126 valence electrons. The zero-order valence-corrected chi connectivity index (χ0v) is 14.5. The number of carbonyl (C=O) groups excluding carboxylic acids is 1. The smallest absolute Gasteiger partial charge is 0.228 e. The summed E-state index contributed by atoms with van der Waals surface area (Å²) in [5, 5.41) is 3.71. The summed E-state index contributed by atoms with van der Waals surface area (Å²) in [7, 11) is 0. The van der Waals surface area contributed by atoms with Gasteiger partial charge >= 0.3 is 0 Å². The van der Waals surface area contributed by atoms with Gasteiger partial charge in [0.15, 0.2) is 0 Å². The lowest BCUT2D eigenvalue weighted by Gasteiger charge is -2.18. The minimum atomic E-state index is -0.275. The maximum absolute atomic E-state index is 12.8. The first kappa shape index (κ1) is 17.2. The molecule has 0 fully saturated rings. The van der Waals surface area contributed by atoms with E-state index in [-0.39, 0.29) is 11.8 Å². The van der Waals surface area contributed by atoms with Crippen LogP contribution in [-0.4, -0.2) is 10.9 Å². The molecule has 4 heteroatoms. The SMILES string of the molecule is O=C(NCc1ccccc1)C(Cc1ccncc1)c1ccc(Cl)cc1. The molecule has 1 amide bonds. The first-order valence-corrected chi connectivity index (χ1v) is 8.56. The van der Waals surface area contributed by atoms with Gasteiger partial charge in [-0.25, -0.2) is 0 Å². The van der Waals surface area contributed by atoms with Crippen LogP contribution in [0.3, 0.4) is 0 Å². The van der Waals surface area contributed by atoms with Gasteiger partial charge in [-0.15, -0.1) is 0 Å². The Labute approximate surface area is 152 Å². The van der Waals surface area contributed by atoms with Gasteiger partial charge in [0.25, 0.3) is 0 Å². The third kappa shape index (κ3) is 4.91. The second-order valence-corrected chi connectivity index (χ2v) is 6.30. The van der Waals surface area contributed by atoms with E-state index in [0.29, 0.717) is 18.0 Å². The van der Waals surface area contributed by atoms with E-state index in [1.165, 1.54) is 0 Å². The van der Waals surface area contributed by atoms with E-state index in [0.717, 1.165) is 16.7 Å². The van der Waals surface area contributed by atoms with Gasteiger partial charge in [-0.2, -0.15) is 0 Å². The predicted octanol–water partition coefficient (Wildman–Crippen LogP) is 4.38. The molecule has 1 atom stereocenters. The van der Waals surface area contributed by atoms with Crippen LogP contribution in [0.15, 0.2) is 79.1 Å². The number of nitrogens with zero attached hydrogens (tertiary/aromatic N) is 1. The highest BCUT2D eigenvalue weighted by Crippen LogP contribution is 2.23. The van der Waals surface area contributed by atoms with Crippen molar-refractivity contribution < 1.29 is 4.79 Å². The maximum atomic E-state index is 12.8. The lowest BCUT2D eigenvalue weighted by atomic mass is 9.91. The molecule has 0 spiro atoms. The van der Waals surface area contributed by atoms with Crippen molar-refractivity contribution in [2.24, 2.45) is 0 Å². The Kier molecular flexibility index (Phi) is 5.81. The topological polar surface area (TPSA) is 42.0 Å². The highest BCUT2D eigenvalue weighted by molar-refractivity contribution is 6.30. The number of nitrogens with one attached hydrogen (secondary N) is 1. The molecular formula is C21H19ClN2O. The quantitative estimate of drug-likeness (QED) is 0.717. The van der Waals surface area contributed by atoms with Crippen molar-refractivity contribution in [3.05, 3.63) is 101 Å². The average molecular weight is 351 g/mol. The lowest BCUT2D eigenvalue weighted by molar-refractivity contribution is -0.122. The van der Waals surface area contributed by atoms with Gasteiger partial charge in [0.05, 0.1) is 5.92 Å². The van der Waals surface area contributed by atoms with Crippen LogP contribution in [0.5, 0.6) is 0 Å². The van der Waals surface area contributed by atoms with E-state index in [1.54, 1.807) is 12.4 Å². The van der Waals surface area contributed by atoms with Crippen LogP contribution >= 0.6 is 11.6 Å². The highest BCUT2D eigenvalue weighted by atomic mass is 35.5. The lowest BCUT2D eigenvalue weighted by Crippen LogP contribution is -2.30. The fourth-order valence-electron chi connectivity index (χ4n) is 2.72. The molecule has 1 unspecified atom stereocenters. The van der Waals surface area contributed by atoms with Crippen LogP contribution in [0.1, 0.15) is 22.6 Å². The second-order valence-electron chi connectivity index (χ2n) is 5.87. The molecule has 3 nitrogen and oxygen atoms in total. The number of rotatable bonds is 6. The predicted molar refractivity (Wildman–Crippen MR) is 100 cm³/mol. The van der Waals surface area contributed by atoms with Gasteiger partial charge < -0.3 is 5.32 Å². The Morgan fingerprint density at radius 2 is 1.60 bits per heavy atom. The fourth-order valence-corrected chi connectivity index (χ4v) is 2.85. The molecule has 2 aromatic carbocycles. The molecule has 0 aliphatic carbocycles. The summed E-state index contributed by atoms with van der Waals surface area (Å²) in [5.74, 6) is -0.272. The monoisotopic (exact) mass is 350 g/mol. The molecule has 0 aliphatic rings. The first-order chi connectivity index (χ1) is 12.2.